The molecule has 3 heterocycles. The molecule has 180 valence electrons. The lowest BCUT2D eigenvalue weighted by molar-refractivity contribution is -0.118. The Balaban J connectivity index is 1.24. The number of morpholine rings is 2. The van der Waals surface area contributed by atoms with E-state index in [9.17, 15) is 9.59 Å². The summed E-state index contributed by atoms with van der Waals surface area (Å²) in [6.45, 7) is 6.16. The van der Waals surface area contributed by atoms with Crippen molar-refractivity contribution in [3.8, 4) is 0 Å². The van der Waals surface area contributed by atoms with Crippen LogP contribution in [0.25, 0.3) is 5.70 Å². The molecule has 1 amide bonds. The van der Waals surface area contributed by atoms with E-state index >= 15 is 0 Å². The maximum Gasteiger partial charge on any atom is 0.238 e. The molecule has 0 radical (unpaired) electrons. The predicted octanol–water partition coefficient (Wildman–Crippen LogP) is 2.91. The first kappa shape index (κ1) is 22.1. The number of fused-ring (bicyclic) bond motifs is 3. The van der Waals surface area contributed by atoms with E-state index < -0.39 is 6.04 Å². The van der Waals surface area contributed by atoms with Crippen molar-refractivity contribution < 1.29 is 19.1 Å². The Morgan fingerprint density at radius 3 is 2.43 bits per heavy atom. The highest BCUT2D eigenvalue weighted by Crippen LogP contribution is 2.49. The normalized spacial score (nSPS) is 21.9. The van der Waals surface area contributed by atoms with Gasteiger partial charge in [0, 0.05) is 37.4 Å². The monoisotopic (exact) mass is 473 g/mol. The molecule has 2 aromatic rings. The van der Waals surface area contributed by atoms with Crippen LogP contribution in [0.4, 0.5) is 11.4 Å². The largest absolute Gasteiger partial charge is 0.379 e. The predicted molar refractivity (Wildman–Crippen MR) is 131 cm³/mol. The molecule has 35 heavy (non-hydrogen) atoms. The Morgan fingerprint density at radius 1 is 0.971 bits per heavy atom. The minimum atomic E-state index is -0.428. The van der Waals surface area contributed by atoms with Gasteiger partial charge < -0.3 is 19.7 Å². The molecule has 2 aromatic carbocycles. The molecule has 1 atom stereocenters. The van der Waals surface area contributed by atoms with Gasteiger partial charge in [0.15, 0.2) is 5.78 Å². The third-order valence-electron chi connectivity index (χ3n) is 6.93. The van der Waals surface area contributed by atoms with Crippen LogP contribution < -0.4 is 10.2 Å². The fourth-order valence-electron chi connectivity index (χ4n) is 5.11. The smallest absolute Gasteiger partial charge is 0.238 e. The summed E-state index contributed by atoms with van der Waals surface area (Å²) >= 11 is 0. The number of carbonyl (C=O) groups excluding carboxylic acids is 2. The fraction of sp³-hybridized carbons (Fsp3) is 0.385. The molecule has 0 bridgehead atoms. The summed E-state index contributed by atoms with van der Waals surface area (Å²) in [7, 11) is 0. The second-order valence-corrected chi connectivity index (χ2v) is 9.06. The van der Waals surface area contributed by atoms with Gasteiger partial charge in [-0.2, -0.15) is 10.2 Å². The summed E-state index contributed by atoms with van der Waals surface area (Å²) in [6.07, 6.45) is 0. The first-order chi connectivity index (χ1) is 17.2. The molecular weight excluding hydrogens is 446 g/mol. The van der Waals surface area contributed by atoms with Crippen molar-refractivity contribution in [3.05, 3.63) is 64.7 Å². The molecule has 4 aliphatic rings. The van der Waals surface area contributed by atoms with Crippen molar-refractivity contribution in [3.63, 3.8) is 0 Å². The summed E-state index contributed by atoms with van der Waals surface area (Å²) in [6, 6.07) is 13.2. The number of hydrogen-bond acceptors (Lipinski definition) is 8. The van der Waals surface area contributed by atoms with E-state index in [1.807, 2.05) is 29.2 Å². The molecule has 9 heteroatoms. The molecular formula is C26H27N5O4. The van der Waals surface area contributed by atoms with Crippen LogP contribution in [0.1, 0.15) is 27.5 Å². The molecule has 0 saturated carbocycles. The lowest BCUT2D eigenvalue weighted by Crippen LogP contribution is -2.41. The molecule has 1 N–H and O–H groups in total. The van der Waals surface area contributed by atoms with Crippen LogP contribution in [-0.2, 0) is 14.3 Å². The minimum Gasteiger partial charge on any atom is -0.379 e. The average molecular weight is 474 g/mol. The van der Waals surface area contributed by atoms with Gasteiger partial charge in [-0.1, -0.05) is 24.3 Å². The molecule has 0 spiro atoms. The zero-order valence-electron chi connectivity index (χ0n) is 19.4. The van der Waals surface area contributed by atoms with E-state index in [-0.39, 0.29) is 18.2 Å². The van der Waals surface area contributed by atoms with E-state index in [4.69, 9.17) is 9.47 Å². The molecule has 1 aliphatic carbocycles. The number of hydrogen-bond donors (Lipinski definition) is 1. The Hall–Kier alpha value is -3.40. The SMILES string of the molecule is O=C(CN1CCOCC1)Nc1cccc2c1C(=O)C1=C(c3ccc(N4CCOCC4)cc3)N=NC12. The average Bonchev–Trinajstić information content (AvgIpc) is 3.45. The first-order valence-electron chi connectivity index (χ1n) is 12.0. The van der Waals surface area contributed by atoms with Crippen molar-refractivity contribution in [2.24, 2.45) is 10.2 Å². The number of ketones is 1. The number of azo groups is 1. The quantitative estimate of drug-likeness (QED) is 0.718. The Kier molecular flexibility index (Phi) is 5.89. The second-order valence-electron chi connectivity index (χ2n) is 9.06. The van der Waals surface area contributed by atoms with Gasteiger partial charge >= 0.3 is 0 Å². The number of ether oxygens (including phenoxy) is 2. The highest BCUT2D eigenvalue weighted by Gasteiger charge is 2.42. The number of Topliss-reactive ketones (excluding diaryl/α,β-unsaturated/α-hetero) is 1. The molecule has 9 nitrogen and oxygen atoms in total. The van der Waals surface area contributed by atoms with Gasteiger partial charge in [-0.05, 0) is 23.8 Å². The molecule has 6 rings (SSSR count). The van der Waals surface area contributed by atoms with Crippen LogP contribution in [0, 0.1) is 0 Å². The van der Waals surface area contributed by atoms with Gasteiger partial charge in [-0.3, -0.25) is 14.5 Å². The zero-order valence-corrected chi connectivity index (χ0v) is 19.4. The summed E-state index contributed by atoms with van der Waals surface area (Å²) in [5, 5.41) is 11.8. The van der Waals surface area contributed by atoms with Gasteiger partial charge in [0.1, 0.15) is 11.7 Å². The molecule has 2 saturated heterocycles. The van der Waals surface area contributed by atoms with Crippen LogP contribution in [-0.4, -0.2) is 75.7 Å². The van der Waals surface area contributed by atoms with Crippen LogP contribution in [0.5, 0.6) is 0 Å². The third-order valence-corrected chi connectivity index (χ3v) is 6.93. The molecule has 2 fully saturated rings. The van der Waals surface area contributed by atoms with Gasteiger partial charge in [0.25, 0.3) is 0 Å². The summed E-state index contributed by atoms with van der Waals surface area (Å²) < 4.78 is 10.8. The van der Waals surface area contributed by atoms with Gasteiger partial charge in [0.05, 0.1) is 49.8 Å². The molecule has 1 unspecified atom stereocenters. The fourth-order valence-corrected chi connectivity index (χ4v) is 5.11. The summed E-state index contributed by atoms with van der Waals surface area (Å²) in [5.41, 5.74) is 5.01. The standard InChI is InChI=1S/C26H27N5O4/c32-21(16-30-8-12-34-13-9-30)27-20-3-1-2-19-22(20)26(33)23-24(28-29-25(19)23)17-4-6-18(7-5-17)31-10-14-35-15-11-31/h1-7,25H,8-16H2,(H,27,32). The Bertz CT molecular complexity index is 1210. The van der Waals surface area contributed by atoms with Crippen LogP contribution in [0.15, 0.2) is 58.3 Å². The third kappa shape index (κ3) is 4.16. The summed E-state index contributed by atoms with van der Waals surface area (Å²) in [4.78, 5) is 30.6. The Labute approximate surface area is 203 Å². The van der Waals surface area contributed by atoms with Gasteiger partial charge in [-0.15, -0.1) is 0 Å². The van der Waals surface area contributed by atoms with Crippen LogP contribution >= 0.6 is 0 Å². The van der Waals surface area contributed by atoms with E-state index in [2.05, 4.69) is 32.6 Å². The number of nitrogens with one attached hydrogen (secondary N) is 1. The van der Waals surface area contributed by atoms with Crippen molar-refractivity contribution in [2.75, 3.05) is 69.4 Å². The number of benzene rings is 2. The van der Waals surface area contributed by atoms with Crippen molar-refractivity contribution in [1.29, 1.82) is 0 Å². The Morgan fingerprint density at radius 2 is 1.69 bits per heavy atom. The van der Waals surface area contributed by atoms with Gasteiger partial charge in [0.2, 0.25) is 5.91 Å². The highest BCUT2D eigenvalue weighted by atomic mass is 16.5. The van der Waals surface area contributed by atoms with Crippen LogP contribution in [0.3, 0.4) is 0 Å². The maximum absolute atomic E-state index is 13.6. The number of carbonyl (C=O) groups is 2. The van der Waals surface area contributed by atoms with E-state index in [0.29, 0.717) is 35.7 Å². The number of nitrogens with zero attached hydrogens (tertiary/aromatic N) is 4. The van der Waals surface area contributed by atoms with E-state index in [1.165, 1.54) is 0 Å². The van der Waals surface area contributed by atoms with Crippen LogP contribution in [0.2, 0.25) is 0 Å². The lowest BCUT2D eigenvalue weighted by atomic mass is 10.0. The van der Waals surface area contributed by atoms with E-state index in [0.717, 1.165) is 56.2 Å². The van der Waals surface area contributed by atoms with Crippen molar-refractivity contribution >= 4 is 28.8 Å². The second kappa shape index (κ2) is 9.33. The van der Waals surface area contributed by atoms with Gasteiger partial charge in [-0.25, -0.2) is 0 Å². The summed E-state index contributed by atoms with van der Waals surface area (Å²) in [5.74, 6) is -0.260. The number of amides is 1. The lowest BCUT2D eigenvalue weighted by Gasteiger charge is -2.28. The molecule has 0 aromatic heterocycles. The number of anilines is 2. The maximum atomic E-state index is 13.6. The van der Waals surface area contributed by atoms with Crippen molar-refractivity contribution in [2.45, 2.75) is 6.04 Å². The van der Waals surface area contributed by atoms with Crippen molar-refractivity contribution in [1.82, 2.24) is 4.90 Å². The molecule has 3 aliphatic heterocycles. The first-order valence-corrected chi connectivity index (χ1v) is 12.0. The van der Waals surface area contributed by atoms with E-state index in [1.54, 1.807) is 6.07 Å². The highest BCUT2D eigenvalue weighted by molar-refractivity contribution is 6.22. The minimum absolute atomic E-state index is 0.121. The zero-order chi connectivity index (χ0) is 23.8. The topological polar surface area (TPSA) is 95.8 Å². The number of rotatable bonds is 5.